The Kier molecular flexibility index (Phi) is 30.9. The number of hydrogen-bond donors (Lipinski definition) is 0. The molecule has 0 aromatic heterocycles. The standard InChI is InChI=1S/2C18H34O2.Mg/c2*19-18(20)16-12-8-4-7-11-15-17-13-9-5-2-1-3-6-10-14-17;/h2*17H,1-16H2,(H,19,20);/q;;+2/p-2. The van der Waals surface area contributed by atoms with Gasteiger partial charge in [-0.2, -0.15) is 0 Å². The maximum Gasteiger partial charge on any atom is 2.00 e. The minimum atomic E-state index is -0.897. The second-order valence-corrected chi connectivity index (χ2v) is 13.2. The predicted molar refractivity (Wildman–Crippen MR) is 170 cm³/mol. The van der Waals surface area contributed by atoms with Crippen molar-refractivity contribution in [1.29, 1.82) is 0 Å². The second-order valence-electron chi connectivity index (χ2n) is 13.2. The molecule has 2 rings (SSSR count). The third-order valence-electron chi connectivity index (χ3n) is 9.44. The molecule has 2 saturated carbocycles. The van der Waals surface area contributed by atoms with E-state index in [1.807, 2.05) is 0 Å². The van der Waals surface area contributed by atoms with E-state index in [1.54, 1.807) is 0 Å². The third-order valence-corrected chi connectivity index (χ3v) is 9.44. The van der Waals surface area contributed by atoms with E-state index in [2.05, 4.69) is 0 Å². The van der Waals surface area contributed by atoms with Crippen molar-refractivity contribution in [1.82, 2.24) is 0 Å². The van der Waals surface area contributed by atoms with Crippen LogP contribution in [0, 0.1) is 11.8 Å². The molecule has 0 aromatic rings. The Morgan fingerprint density at radius 1 is 0.390 bits per heavy atom. The summed E-state index contributed by atoms with van der Waals surface area (Å²) in [6.07, 6.45) is 40.7. The van der Waals surface area contributed by atoms with E-state index in [4.69, 9.17) is 0 Å². The van der Waals surface area contributed by atoms with Crippen molar-refractivity contribution in [3.8, 4) is 0 Å². The second kappa shape index (κ2) is 31.1. The molecule has 0 amide bonds. The summed E-state index contributed by atoms with van der Waals surface area (Å²) in [4.78, 5) is 20.6. The zero-order chi connectivity index (χ0) is 28.9. The normalized spacial score (nSPS) is 18.3. The van der Waals surface area contributed by atoms with Crippen LogP contribution in [0.3, 0.4) is 0 Å². The van der Waals surface area contributed by atoms with Crippen LogP contribution in [0.4, 0.5) is 0 Å². The summed E-state index contributed by atoms with van der Waals surface area (Å²) < 4.78 is 0. The molecule has 2 aliphatic carbocycles. The fourth-order valence-corrected chi connectivity index (χ4v) is 6.83. The van der Waals surface area contributed by atoms with Gasteiger partial charge in [0.25, 0.3) is 0 Å². The van der Waals surface area contributed by atoms with Gasteiger partial charge in [0.1, 0.15) is 0 Å². The third kappa shape index (κ3) is 29.6. The van der Waals surface area contributed by atoms with Crippen molar-refractivity contribution in [2.75, 3.05) is 0 Å². The van der Waals surface area contributed by atoms with Gasteiger partial charge in [-0.1, -0.05) is 180 Å². The SMILES string of the molecule is O=C([O-])CCCCCCCC1CCCCCCCCC1.O=C([O-])CCCCCCCC1CCCCCCCCC1.[Mg+2]. The molecule has 0 atom stereocenters. The van der Waals surface area contributed by atoms with Crippen LogP contribution >= 0.6 is 0 Å². The van der Waals surface area contributed by atoms with Crippen molar-refractivity contribution in [3.63, 3.8) is 0 Å². The Morgan fingerprint density at radius 2 is 0.634 bits per heavy atom. The van der Waals surface area contributed by atoms with Crippen LogP contribution in [0.1, 0.15) is 205 Å². The van der Waals surface area contributed by atoms with Gasteiger partial charge in [0, 0.05) is 11.9 Å². The van der Waals surface area contributed by atoms with Crippen LogP contribution in [0.5, 0.6) is 0 Å². The van der Waals surface area contributed by atoms with Crippen molar-refractivity contribution in [2.45, 2.75) is 205 Å². The largest absolute Gasteiger partial charge is 2.00 e. The fraction of sp³-hybridized carbons (Fsp3) is 0.944. The molecule has 0 bridgehead atoms. The first-order valence-corrected chi connectivity index (χ1v) is 18.0. The summed E-state index contributed by atoms with van der Waals surface area (Å²) in [6, 6.07) is 0. The van der Waals surface area contributed by atoms with Crippen LogP contribution in [0.15, 0.2) is 0 Å². The van der Waals surface area contributed by atoms with Gasteiger partial charge in [-0.25, -0.2) is 0 Å². The Hall–Kier alpha value is -0.294. The molecule has 0 saturated heterocycles. The molecule has 0 unspecified atom stereocenters. The van der Waals surface area contributed by atoms with Gasteiger partial charge < -0.3 is 19.8 Å². The summed E-state index contributed by atoms with van der Waals surface area (Å²) in [5.74, 6) is 0.144. The van der Waals surface area contributed by atoms with Gasteiger partial charge in [-0.15, -0.1) is 0 Å². The summed E-state index contributed by atoms with van der Waals surface area (Å²) >= 11 is 0. The molecule has 0 radical (unpaired) electrons. The molecule has 2 aliphatic rings. The molecule has 0 aliphatic heterocycles. The van der Waals surface area contributed by atoms with Gasteiger partial charge in [0.2, 0.25) is 0 Å². The number of hydrogen-bond acceptors (Lipinski definition) is 4. The topological polar surface area (TPSA) is 80.3 Å². The Balaban J connectivity index is 0.000000762. The minimum absolute atomic E-state index is 0. The summed E-state index contributed by atoms with van der Waals surface area (Å²) in [5, 5.41) is 20.6. The average molecular weight is 587 g/mol. The molecule has 2 fully saturated rings. The van der Waals surface area contributed by atoms with Crippen LogP contribution in [-0.4, -0.2) is 35.0 Å². The van der Waals surface area contributed by atoms with E-state index in [0.717, 1.165) is 37.5 Å². The summed E-state index contributed by atoms with van der Waals surface area (Å²) in [6.45, 7) is 0. The van der Waals surface area contributed by atoms with Gasteiger partial charge in [-0.05, 0) is 37.5 Å². The molecule has 4 nitrogen and oxygen atoms in total. The van der Waals surface area contributed by atoms with Gasteiger partial charge >= 0.3 is 23.1 Å². The van der Waals surface area contributed by atoms with Crippen LogP contribution in [0.25, 0.3) is 0 Å². The number of rotatable bonds is 16. The first-order chi connectivity index (χ1) is 19.6. The van der Waals surface area contributed by atoms with Crippen molar-refractivity contribution < 1.29 is 19.8 Å². The van der Waals surface area contributed by atoms with Crippen LogP contribution in [-0.2, 0) is 9.59 Å². The smallest absolute Gasteiger partial charge is 0.550 e. The van der Waals surface area contributed by atoms with E-state index in [9.17, 15) is 19.8 Å². The number of aliphatic carboxylic acids is 2. The quantitative estimate of drug-likeness (QED) is 0.134. The minimum Gasteiger partial charge on any atom is -0.550 e. The Morgan fingerprint density at radius 3 is 0.927 bits per heavy atom. The van der Waals surface area contributed by atoms with E-state index in [-0.39, 0.29) is 35.9 Å². The van der Waals surface area contributed by atoms with E-state index >= 15 is 0 Å². The average Bonchev–Trinajstić information content (AvgIpc) is 2.94. The molecule has 41 heavy (non-hydrogen) atoms. The number of carbonyl (C=O) groups is 2. The van der Waals surface area contributed by atoms with Gasteiger partial charge in [0.05, 0.1) is 0 Å². The fourth-order valence-electron chi connectivity index (χ4n) is 6.83. The molecular formula is C36H66MgO4. The summed E-state index contributed by atoms with van der Waals surface area (Å²) in [5.41, 5.74) is 0. The molecule has 0 heterocycles. The van der Waals surface area contributed by atoms with E-state index in [0.29, 0.717) is 0 Å². The zero-order valence-electron chi connectivity index (χ0n) is 27.1. The van der Waals surface area contributed by atoms with E-state index in [1.165, 1.54) is 167 Å². The number of carbonyl (C=O) groups excluding carboxylic acids is 2. The predicted octanol–water partition coefficient (Wildman–Crippen LogP) is 8.83. The first kappa shape index (κ1) is 40.7. The number of carboxylic acids is 2. The molecular weight excluding hydrogens is 521 g/mol. The van der Waals surface area contributed by atoms with Gasteiger partial charge in [0.15, 0.2) is 0 Å². The van der Waals surface area contributed by atoms with Crippen LogP contribution in [0.2, 0.25) is 0 Å². The maximum atomic E-state index is 10.3. The monoisotopic (exact) mass is 586 g/mol. The molecule has 0 aromatic carbocycles. The number of unbranched alkanes of at least 4 members (excludes halogenated alkanes) is 8. The van der Waals surface area contributed by atoms with Crippen molar-refractivity contribution in [3.05, 3.63) is 0 Å². The number of carboxylic acid groups (broad SMARTS) is 2. The van der Waals surface area contributed by atoms with Crippen LogP contribution < -0.4 is 10.2 Å². The van der Waals surface area contributed by atoms with Crippen molar-refractivity contribution in [2.24, 2.45) is 11.8 Å². The molecule has 5 heteroatoms. The molecule has 0 N–H and O–H groups in total. The maximum absolute atomic E-state index is 10.3. The van der Waals surface area contributed by atoms with Crippen molar-refractivity contribution >= 4 is 35.0 Å². The molecule has 236 valence electrons. The molecule has 0 spiro atoms. The summed E-state index contributed by atoms with van der Waals surface area (Å²) in [7, 11) is 0. The first-order valence-electron chi connectivity index (χ1n) is 18.0. The van der Waals surface area contributed by atoms with E-state index < -0.39 is 11.9 Å². The zero-order valence-corrected chi connectivity index (χ0v) is 28.5. The Bertz CT molecular complexity index is 512. The Labute approximate surface area is 271 Å². The van der Waals surface area contributed by atoms with Gasteiger partial charge in [-0.3, -0.25) is 0 Å².